The Morgan fingerprint density at radius 2 is 0.714 bits per heavy atom. The number of unbranched alkanes of at least 4 members (excludes halogenated alkanes) is 18. The van der Waals surface area contributed by atoms with Crippen LogP contribution in [0.5, 0.6) is 0 Å². The van der Waals surface area contributed by atoms with Crippen LogP contribution in [0.1, 0.15) is 142 Å². The molecule has 0 aliphatic rings. The summed E-state index contributed by atoms with van der Waals surface area (Å²) in [5, 5.41) is 24.0. The zero-order chi connectivity index (χ0) is 31.0. The van der Waals surface area contributed by atoms with Crippen LogP contribution < -0.4 is 59.1 Å². The van der Waals surface area contributed by atoms with Gasteiger partial charge in [-0.2, -0.15) is 0 Å². The van der Waals surface area contributed by atoms with Crippen molar-refractivity contribution in [3.8, 4) is 0 Å². The summed E-state index contributed by atoms with van der Waals surface area (Å²) < 4.78 is 68.9. The first kappa shape index (κ1) is 53.1. The molecule has 0 spiro atoms. The molecule has 0 atom stereocenters. The van der Waals surface area contributed by atoms with E-state index in [2.05, 4.69) is 22.2 Å². The van der Waals surface area contributed by atoms with Crippen molar-refractivity contribution in [1.82, 2.24) is 0 Å². The van der Waals surface area contributed by atoms with E-state index in [-0.39, 0.29) is 85.5 Å². The van der Waals surface area contributed by atoms with Gasteiger partial charge in [0.15, 0.2) is 0 Å². The van der Waals surface area contributed by atoms with E-state index in [0.717, 1.165) is 25.7 Å². The van der Waals surface area contributed by atoms with Crippen LogP contribution in [0.25, 0.3) is 0 Å². The molecule has 15 heteroatoms. The minimum absolute atomic E-state index is 0. The van der Waals surface area contributed by atoms with Gasteiger partial charge in [0.05, 0.1) is 26.4 Å². The average molecular weight is 669 g/mol. The second-order valence-electron chi connectivity index (χ2n) is 9.84. The zero-order valence-electron chi connectivity index (χ0n) is 27.0. The van der Waals surface area contributed by atoms with E-state index >= 15 is 0 Å². The SMILES string of the molecule is CCCCCCCCCCCCOS(=O)(=O)[O-].CCCCCCCCCCCCOS(=O)(=O)[O-].OCC(O)CO.[Na+].[Na+]. The fraction of sp³-hybridized carbons (Fsp3) is 1.00. The Morgan fingerprint density at radius 3 is 0.881 bits per heavy atom. The second-order valence-corrected chi connectivity index (χ2v) is 11.9. The summed E-state index contributed by atoms with van der Waals surface area (Å²) in [5.74, 6) is 0. The van der Waals surface area contributed by atoms with Gasteiger partial charge in [-0.25, -0.2) is 16.8 Å². The van der Waals surface area contributed by atoms with Gasteiger partial charge in [-0.05, 0) is 12.8 Å². The van der Waals surface area contributed by atoms with E-state index in [9.17, 15) is 25.9 Å². The van der Waals surface area contributed by atoms with Gasteiger partial charge in [0.25, 0.3) is 0 Å². The molecule has 0 rings (SSSR count). The van der Waals surface area contributed by atoms with E-state index in [1.54, 1.807) is 0 Å². The van der Waals surface area contributed by atoms with Gasteiger partial charge in [-0.3, -0.25) is 8.37 Å². The summed E-state index contributed by atoms with van der Waals surface area (Å²) in [6.07, 6.45) is 22.4. The molecule has 0 fully saturated rings. The molecule has 0 saturated carbocycles. The van der Waals surface area contributed by atoms with Crippen molar-refractivity contribution in [3.63, 3.8) is 0 Å². The van der Waals surface area contributed by atoms with Crippen LogP contribution in [-0.2, 0) is 29.2 Å². The second kappa shape index (κ2) is 40.6. The summed E-state index contributed by atoms with van der Waals surface area (Å²) in [6, 6.07) is 0. The Kier molecular flexibility index (Phi) is 51.4. The van der Waals surface area contributed by atoms with Crippen molar-refractivity contribution in [1.29, 1.82) is 0 Å². The minimum Gasteiger partial charge on any atom is -0.726 e. The number of rotatable bonds is 26. The molecule has 0 aliphatic carbocycles. The third kappa shape index (κ3) is 60.8. The van der Waals surface area contributed by atoms with Gasteiger partial charge in [0, 0.05) is 0 Å². The Labute approximate surface area is 301 Å². The van der Waals surface area contributed by atoms with E-state index in [4.69, 9.17) is 15.3 Å². The van der Waals surface area contributed by atoms with Crippen LogP contribution in [-0.4, -0.2) is 73.8 Å². The molecule has 246 valence electrons. The molecule has 11 nitrogen and oxygen atoms in total. The third-order valence-corrected chi connectivity index (χ3v) is 6.78. The standard InChI is InChI=1S/2C12H26O4S.C3H8O3.2Na/c2*1-2-3-4-5-6-7-8-9-10-11-12-16-17(13,14)15;4-1-3(6)2-5;;/h2*2-12H2,1H3,(H,13,14,15);3-6H,1-2H2;;/q;;;2*+1/p-2. The molecule has 0 bridgehead atoms. The Balaban J connectivity index is -0.000000175. The Bertz CT molecular complexity index is 640. The van der Waals surface area contributed by atoms with Crippen molar-refractivity contribution < 1.29 is 109 Å². The predicted octanol–water partition coefficient (Wildman–Crippen LogP) is -0.892. The number of hydrogen-bond donors (Lipinski definition) is 3. The summed E-state index contributed by atoms with van der Waals surface area (Å²) in [6.45, 7) is 3.76. The summed E-state index contributed by atoms with van der Waals surface area (Å²) >= 11 is 0. The average Bonchev–Trinajstić information content (AvgIpc) is 2.89. The fourth-order valence-corrected chi connectivity index (χ4v) is 4.20. The molecule has 0 radical (unpaired) electrons. The van der Waals surface area contributed by atoms with Crippen LogP contribution in [0.2, 0.25) is 0 Å². The van der Waals surface area contributed by atoms with Crippen LogP contribution in [0.4, 0.5) is 0 Å². The van der Waals surface area contributed by atoms with Crippen molar-refractivity contribution >= 4 is 20.8 Å². The van der Waals surface area contributed by atoms with Gasteiger partial charge in [0.1, 0.15) is 6.10 Å². The van der Waals surface area contributed by atoms with E-state index in [0.29, 0.717) is 12.8 Å². The zero-order valence-corrected chi connectivity index (χ0v) is 32.6. The molecule has 0 aromatic heterocycles. The molecular formula is C27H58Na2O11S2. The number of aliphatic hydroxyl groups excluding tert-OH is 3. The Hall–Kier alpha value is 1.62. The summed E-state index contributed by atoms with van der Waals surface area (Å²) in [5.41, 5.74) is 0. The predicted molar refractivity (Wildman–Crippen MR) is 155 cm³/mol. The fourth-order valence-electron chi connectivity index (χ4n) is 3.56. The number of aliphatic hydroxyl groups is 3. The summed E-state index contributed by atoms with van der Waals surface area (Å²) in [7, 11) is -8.97. The molecule has 0 aliphatic heterocycles. The van der Waals surface area contributed by atoms with Gasteiger partial charge >= 0.3 is 59.1 Å². The van der Waals surface area contributed by atoms with Gasteiger partial charge < -0.3 is 24.4 Å². The van der Waals surface area contributed by atoms with Crippen molar-refractivity contribution in [3.05, 3.63) is 0 Å². The maximum Gasteiger partial charge on any atom is 1.00 e. The van der Waals surface area contributed by atoms with Crippen LogP contribution >= 0.6 is 0 Å². The molecule has 0 saturated heterocycles. The quantitative estimate of drug-likeness (QED) is 0.0448. The summed E-state index contributed by atoms with van der Waals surface area (Å²) in [4.78, 5) is 0. The van der Waals surface area contributed by atoms with Crippen molar-refractivity contribution in [2.75, 3.05) is 26.4 Å². The first-order valence-electron chi connectivity index (χ1n) is 15.0. The normalized spacial score (nSPS) is 11.0. The maximum absolute atomic E-state index is 10.1. The smallest absolute Gasteiger partial charge is 0.726 e. The first-order valence-corrected chi connectivity index (χ1v) is 17.7. The molecule has 0 heterocycles. The molecule has 0 aromatic rings. The molecule has 0 unspecified atom stereocenters. The Morgan fingerprint density at radius 1 is 0.500 bits per heavy atom. The molecule has 3 N–H and O–H groups in total. The number of hydrogen-bond acceptors (Lipinski definition) is 11. The van der Waals surface area contributed by atoms with Crippen LogP contribution in [0.15, 0.2) is 0 Å². The molecule has 42 heavy (non-hydrogen) atoms. The van der Waals surface area contributed by atoms with Gasteiger partial charge in [0.2, 0.25) is 20.8 Å². The molecule has 0 aromatic carbocycles. The molecular weight excluding hydrogens is 610 g/mol. The first-order chi connectivity index (χ1) is 18.9. The van der Waals surface area contributed by atoms with E-state index in [1.165, 1.54) is 89.9 Å². The van der Waals surface area contributed by atoms with E-state index < -0.39 is 26.9 Å². The van der Waals surface area contributed by atoms with Crippen molar-refractivity contribution in [2.24, 2.45) is 0 Å². The monoisotopic (exact) mass is 668 g/mol. The van der Waals surface area contributed by atoms with Crippen LogP contribution in [0, 0.1) is 0 Å². The van der Waals surface area contributed by atoms with Gasteiger partial charge in [-0.15, -0.1) is 0 Å². The maximum atomic E-state index is 10.1. The topological polar surface area (TPSA) is 194 Å². The van der Waals surface area contributed by atoms with E-state index in [1.807, 2.05) is 0 Å². The van der Waals surface area contributed by atoms with Crippen LogP contribution in [0.3, 0.4) is 0 Å². The largest absolute Gasteiger partial charge is 1.00 e. The molecule has 0 amide bonds. The minimum atomic E-state index is -4.48. The van der Waals surface area contributed by atoms with Gasteiger partial charge in [-0.1, -0.05) is 129 Å². The van der Waals surface area contributed by atoms with Crippen molar-refractivity contribution in [2.45, 2.75) is 148 Å². The third-order valence-electron chi connectivity index (χ3n) is 5.87.